The van der Waals surface area contributed by atoms with Crippen molar-refractivity contribution >= 4 is 12.6 Å². The molecule has 0 bridgehead atoms. The van der Waals surface area contributed by atoms with Crippen LogP contribution in [0, 0.1) is 17.6 Å². The van der Waals surface area contributed by atoms with E-state index < -0.39 is 0 Å². The molecule has 1 aromatic rings. The van der Waals surface area contributed by atoms with Crippen molar-refractivity contribution < 1.29 is 35.9 Å². The van der Waals surface area contributed by atoms with Gasteiger partial charge in [0, 0.05) is 0 Å². The van der Waals surface area contributed by atoms with Gasteiger partial charge in [-0.2, -0.15) is 18.2 Å². The standard InChI is InChI=1S/C9H13NS.C5H5.Fe.Li/c1-7(10(2)3)8-5-4-6-9(8)11;1-2-4-5-3-1;;/h4-7H,1-3H3;1-5H;;/q-2;-1;+2;+1/t7-;;;/m1.../s1. The van der Waals surface area contributed by atoms with Gasteiger partial charge in [0.1, 0.15) is 0 Å². The van der Waals surface area contributed by atoms with E-state index >= 15 is 0 Å². The first-order chi connectivity index (χ1) is 7.63. The first-order valence-electron chi connectivity index (χ1n) is 5.38. The molecule has 0 saturated carbocycles. The van der Waals surface area contributed by atoms with Crippen LogP contribution in [-0.2, 0) is 29.7 Å². The molecule has 0 amide bonds. The van der Waals surface area contributed by atoms with Crippen LogP contribution in [0.25, 0.3) is 0 Å². The summed E-state index contributed by atoms with van der Waals surface area (Å²) in [5, 5.41) is 0.978. The van der Waals surface area contributed by atoms with Gasteiger partial charge in [-0.15, -0.1) is 0 Å². The Morgan fingerprint density at radius 2 is 1.78 bits per heavy atom. The van der Waals surface area contributed by atoms with Gasteiger partial charge in [-0.3, -0.25) is 6.08 Å². The Hall–Kier alpha value is 0.387. The molecule has 0 aliphatic heterocycles. The molecule has 2 rings (SSSR count). The molecule has 0 saturated heterocycles. The van der Waals surface area contributed by atoms with Crippen molar-refractivity contribution in [2.45, 2.75) is 13.0 Å². The van der Waals surface area contributed by atoms with Crippen LogP contribution in [0.5, 0.6) is 0 Å². The smallest absolute Gasteiger partial charge is 0.803 e. The summed E-state index contributed by atoms with van der Waals surface area (Å²) >= 11 is 5.15. The third-order valence-corrected chi connectivity index (χ3v) is 2.96. The molecule has 0 spiro atoms. The average Bonchev–Trinajstić information content (AvgIpc) is 2.89. The van der Waals surface area contributed by atoms with Crippen LogP contribution in [0.15, 0.2) is 42.5 Å². The number of rotatable bonds is 2. The maximum atomic E-state index is 5.15. The van der Waals surface area contributed by atoms with Gasteiger partial charge in [0.2, 0.25) is 0 Å². The molecule has 1 aliphatic rings. The van der Waals surface area contributed by atoms with E-state index in [9.17, 15) is 0 Å². The second-order valence-electron chi connectivity index (χ2n) is 3.95. The molecule has 0 aromatic heterocycles. The van der Waals surface area contributed by atoms with Crippen molar-refractivity contribution in [2.75, 3.05) is 14.1 Å². The molecule has 1 atom stereocenters. The van der Waals surface area contributed by atoms with E-state index in [1.54, 1.807) is 0 Å². The molecule has 1 nitrogen and oxygen atoms in total. The van der Waals surface area contributed by atoms with Crippen molar-refractivity contribution in [3.8, 4) is 0 Å². The van der Waals surface area contributed by atoms with Crippen molar-refractivity contribution in [3.05, 3.63) is 60.1 Å². The molecule has 0 N–H and O–H groups in total. The van der Waals surface area contributed by atoms with Crippen molar-refractivity contribution in [1.29, 1.82) is 0 Å². The van der Waals surface area contributed by atoms with Gasteiger partial charge in [-0.05, 0) is 20.1 Å². The Morgan fingerprint density at radius 1 is 1.22 bits per heavy atom. The predicted octanol–water partition coefficient (Wildman–Crippen LogP) is -0.229. The van der Waals surface area contributed by atoms with Gasteiger partial charge in [-0.25, -0.2) is 29.9 Å². The van der Waals surface area contributed by atoms with Gasteiger partial charge >= 0.3 is 35.9 Å². The fourth-order valence-electron chi connectivity index (χ4n) is 1.36. The van der Waals surface area contributed by atoms with E-state index in [1.165, 1.54) is 5.92 Å². The summed E-state index contributed by atoms with van der Waals surface area (Å²) in [5.74, 6) is 1.25. The minimum Gasteiger partial charge on any atom is -0.803 e. The predicted molar refractivity (Wildman–Crippen MR) is 72.5 cm³/mol. The first kappa shape index (κ1) is 20.7. The summed E-state index contributed by atoms with van der Waals surface area (Å²) in [5.41, 5.74) is 0. The van der Waals surface area contributed by atoms with Crippen molar-refractivity contribution in [2.24, 2.45) is 0 Å². The molecule has 0 heterocycles. The first-order valence-corrected chi connectivity index (χ1v) is 5.79. The van der Waals surface area contributed by atoms with Crippen LogP contribution < -0.4 is 18.9 Å². The van der Waals surface area contributed by atoms with Gasteiger partial charge in [0.05, 0.1) is 0 Å². The molecule has 94 valence electrons. The van der Waals surface area contributed by atoms with E-state index in [1.807, 2.05) is 42.5 Å². The molecule has 0 unspecified atom stereocenters. The maximum absolute atomic E-state index is 5.15. The Kier molecular flexibility index (Phi) is 12.9. The molecular weight excluding hydrogens is 277 g/mol. The summed E-state index contributed by atoms with van der Waals surface area (Å²) in [4.78, 5) is 2.16. The van der Waals surface area contributed by atoms with E-state index in [-0.39, 0.29) is 35.9 Å². The van der Waals surface area contributed by atoms with Gasteiger partial charge in [0.25, 0.3) is 0 Å². The summed E-state index contributed by atoms with van der Waals surface area (Å²) in [6, 6.07) is 10.4. The van der Waals surface area contributed by atoms with E-state index in [0.29, 0.717) is 6.04 Å². The fraction of sp³-hybridized carbons (Fsp3) is 0.286. The number of nitrogens with zero attached hydrogens (tertiary/aromatic N) is 1. The molecule has 18 heavy (non-hydrogen) atoms. The van der Waals surface area contributed by atoms with Crippen LogP contribution in [0.3, 0.4) is 0 Å². The normalized spacial score (nSPS) is 16.1. The molecular formula is C14H18FeLiNS. The summed E-state index contributed by atoms with van der Waals surface area (Å²) < 4.78 is 0. The quantitative estimate of drug-likeness (QED) is 0.421. The Bertz CT molecular complexity index is 284. The zero-order valence-electron chi connectivity index (χ0n) is 11.4. The fourth-order valence-corrected chi connectivity index (χ4v) is 1.68. The number of allylic oxidation sites excluding steroid dienone is 1. The zero-order chi connectivity index (χ0) is 12.0. The van der Waals surface area contributed by atoms with Crippen LogP contribution in [0.2, 0.25) is 0 Å². The summed E-state index contributed by atoms with van der Waals surface area (Å²) in [6.07, 6.45) is 6.08. The summed E-state index contributed by atoms with van der Waals surface area (Å²) in [6.45, 7) is 2.16. The van der Waals surface area contributed by atoms with Crippen LogP contribution in [0.1, 0.15) is 6.92 Å². The second-order valence-corrected chi connectivity index (χ2v) is 4.39. The maximum Gasteiger partial charge on any atom is 2.00 e. The SMILES string of the molecule is C[C@H]([C]1[CH-]C=C[C]1[S-])N(C)C.[Fe+2].[Li+].c1cc[cH-]c1. The summed E-state index contributed by atoms with van der Waals surface area (Å²) in [7, 11) is 4.12. The average molecular weight is 295 g/mol. The van der Waals surface area contributed by atoms with Crippen molar-refractivity contribution in [3.63, 3.8) is 0 Å². The van der Waals surface area contributed by atoms with Gasteiger partial charge < -0.3 is 17.5 Å². The molecule has 0 fully saturated rings. The number of hydrogen-bond donors (Lipinski definition) is 0. The third kappa shape index (κ3) is 7.09. The van der Waals surface area contributed by atoms with E-state index in [4.69, 9.17) is 12.6 Å². The van der Waals surface area contributed by atoms with E-state index in [2.05, 4.69) is 32.3 Å². The topological polar surface area (TPSA) is 3.24 Å². The Labute approximate surface area is 140 Å². The van der Waals surface area contributed by atoms with Crippen LogP contribution >= 0.6 is 0 Å². The monoisotopic (exact) mass is 295 g/mol. The minimum atomic E-state index is 0. The van der Waals surface area contributed by atoms with Gasteiger partial charge in [0.15, 0.2) is 0 Å². The van der Waals surface area contributed by atoms with Gasteiger partial charge in [-0.1, -0.05) is 12.8 Å². The Balaban J connectivity index is 0. The van der Waals surface area contributed by atoms with E-state index in [0.717, 1.165) is 5.25 Å². The van der Waals surface area contributed by atoms with Crippen molar-refractivity contribution in [1.82, 2.24) is 4.90 Å². The molecule has 1 aromatic carbocycles. The molecule has 2 radical (unpaired) electrons. The molecule has 1 aliphatic carbocycles. The zero-order valence-corrected chi connectivity index (χ0v) is 13.3. The van der Waals surface area contributed by atoms with Crippen LogP contribution in [0.4, 0.5) is 0 Å². The second kappa shape index (κ2) is 11.2. The Morgan fingerprint density at radius 3 is 2.06 bits per heavy atom. The third-order valence-electron chi connectivity index (χ3n) is 2.59. The van der Waals surface area contributed by atoms with Crippen LogP contribution in [-0.4, -0.2) is 25.0 Å². The number of hydrogen-bond acceptors (Lipinski definition) is 2. The largest absolute Gasteiger partial charge is 2.00 e. The minimum absolute atomic E-state index is 0. The molecule has 4 heteroatoms.